The number of nitrogens with zero attached hydrogens (tertiary/aromatic N) is 1. The Balaban J connectivity index is 0.00000180. The van der Waals surface area contributed by atoms with Crippen molar-refractivity contribution in [3.05, 3.63) is 35.4 Å². The number of rotatable bonds is 6. The average Bonchev–Trinajstić information content (AvgIpc) is 3.23. The SMILES string of the molecule is CN(CCNC(=O)c1ccc(CN)cc1)C1CC1.Cl.Cl. The molecule has 0 bridgehead atoms. The van der Waals surface area contributed by atoms with Gasteiger partial charge in [0, 0.05) is 31.2 Å². The highest BCUT2D eigenvalue weighted by Gasteiger charge is 2.25. The van der Waals surface area contributed by atoms with E-state index in [-0.39, 0.29) is 30.7 Å². The minimum atomic E-state index is -0.0113. The number of nitrogens with one attached hydrogen (secondary N) is 1. The maximum absolute atomic E-state index is 11.9. The van der Waals surface area contributed by atoms with Crippen molar-refractivity contribution in [2.24, 2.45) is 5.73 Å². The van der Waals surface area contributed by atoms with Crippen molar-refractivity contribution in [3.63, 3.8) is 0 Å². The molecule has 1 saturated carbocycles. The van der Waals surface area contributed by atoms with Gasteiger partial charge in [-0.15, -0.1) is 24.8 Å². The summed E-state index contributed by atoms with van der Waals surface area (Å²) in [4.78, 5) is 14.2. The molecule has 0 aliphatic heterocycles. The molecule has 3 N–H and O–H groups in total. The van der Waals surface area contributed by atoms with Gasteiger partial charge in [-0.05, 0) is 37.6 Å². The minimum absolute atomic E-state index is 0. The molecule has 1 aliphatic carbocycles. The van der Waals surface area contributed by atoms with Crippen molar-refractivity contribution in [1.29, 1.82) is 0 Å². The number of hydrogen-bond donors (Lipinski definition) is 2. The summed E-state index contributed by atoms with van der Waals surface area (Å²) in [5.74, 6) is -0.0113. The molecule has 20 heavy (non-hydrogen) atoms. The molecule has 1 aliphatic rings. The first-order valence-corrected chi connectivity index (χ1v) is 6.48. The molecule has 0 heterocycles. The molecule has 0 spiro atoms. The van der Waals surface area contributed by atoms with Crippen LogP contribution < -0.4 is 11.1 Å². The Hall–Kier alpha value is -0.810. The molecule has 114 valence electrons. The van der Waals surface area contributed by atoms with Gasteiger partial charge >= 0.3 is 0 Å². The fourth-order valence-corrected chi connectivity index (χ4v) is 1.94. The highest BCUT2D eigenvalue weighted by Crippen LogP contribution is 2.24. The van der Waals surface area contributed by atoms with E-state index in [4.69, 9.17) is 5.73 Å². The van der Waals surface area contributed by atoms with Crippen LogP contribution in [0.5, 0.6) is 0 Å². The lowest BCUT2D eigenvalue weighted by atomic mass is 10.1. The van der Waals surface area contributed by atoms with E-state index in [2.05, 4.69) is 17.3 Å². The van der Waals surface area contributed by atoms with Crippen molar-refractivity contribution in [2.75, 3.05) is 20.1 Å². The van der Waals surface area contributed by atoms with Crippen LogP contribution in [0, 0.1) is 0 Å². The summed E-state index contributed by atoms with van der Waals surface area (Å²) < 4.78 is 0. The lowest BCUT2D eigenvalue weighted by Gasteiger charge is -2.15. The Bertz CT molecular complexity index is 407. The van der Waals surface area contributed by atoms with Crippen molar-refractivity contribution in [2.45, 2.75) is 25.4 Å². The van der Waals surface area contributed by atoms with Crippen molar-refractivity contribution in [3.8, 4) is 0 Å². The fraction of sp³-hybridized carbons (Fsp3) is 0.500. The van der Waals surface area contributed by atoms with E-state index in [0.29, 0.717) is 18.7 Å². The van der Waals surface area contributed by atoms with Crippen LogP contribution in [0.15, 0.2) is 24.3 Å². The van der Waals surface area contributed by atoms with Crippen molar-refractivity contribution in [1.82, 2.24) is 10.2 Å². The minimum Gasteiger partial charge on any atom is -0.351 e. The molecule has 0 saturated heterocycles. The number of carbonyl (C=O) groups is 1. The van der Waals surface area contributed by atoms with E-state index in [9.17, 15) is 4.79 Å². The molecule has 2 rings (SSSR count). The second-order valence-electron chi connectivity index (χ2n) is 4.87. The Morgan fingerprint density at radius 3 is 2.40 bits per heavy atom. The van der Waals surface area contributed by atoms with E-state index < -0.39 is 0 Å². The van der Waals surface area contributed by atoms with Crippen molar-refractivity contribution < 1.29 is 4.79 Å². The first-order valence-electron chi connectivity index (χ1n) is 6.48. The van der Waals surface area contributed by atoms with Gasteiger partial charge in [0.2, 0.25) is 0 Å². The van der Waals surface area contributed by atoms with Crippen LogP contribution in [-0.2, 0) is 6.54 Å². The Morgan fingerprint density at radius 2 is 1.90 bits per heavy atom. The van der Waals surface area contributed by atoms with E-state index in [1.807, 2.05) is 24.3 Å². The van der Waals surface area contributed by atoms with Crippen LogP contribution >= 0.6 is 24.8 Å². The summed E-state index contributed by atoms with van der Waals surface area (Å²) in [5, 5.41) is 2.94. The maximum atomic E-state index is 11.9. The Labute approximate surface area is 132 Å². The standard InChI is InChI=1S/C14H21N3O.2ClH/c1-17(13-6-7-13)9-8-16-14(18)12-4-2-11(10-15)3-5-12;;/h2-5,13H,6-10,15H2,1H3,(H,16,18);2*1H. The molecule has 4 nitrogen and oxygen atoms in total. The summed E-state index contributed by atoms with van der Waals surface area (Å²) >= 11 is 0. The zero-order valence-electron chi connectivity index (χ0n) is 11.7. The van der Waals surface area contributed by atoms with Crippen LogP contribution in [0.25, 0.3) is 0 Å². The normalized spacial score (nSPS) is 13.3. The quantitative estimate of drug-likeness (QED) is 0.840. The summed E-state index contributed by atoms with van der Waals surface area (Å²) in [6.07, 6.45) is 2.59. The largest absolute Gasteiger partial charge is 0.351 e. The topological polar surface area (TPSA) is 58.4 Å². The summed E-state index contributed by atoms with van der Waals surface area (Å²) in [6.45, 7) is 2.12. The van der Waals surface area contributed by atoms with E-state index in [1.54, 1.807) is 0 Å². The summed E-state index contributed by atoms with van der Waals surface area (Å²) in [7, 11) is 2.11. The molecule has 0 unspecified atom stereocenters. The number of hydrogen-bond acceptors (Lipinski definition) is 3. The zero-order chi connectivity index (χ0) is 13.0. The Kier molecular flexibility index (Phi) is 8.81. The first-order chi connectivity index (χ1) is 8.70. The van der Waals surface area contributed by atoms with Gasteiger partial charge in [-0.3, -0.25) is 4.79 Å². The number of carbonyl (C=O) groups excluding carboxylic acids is 1. The second kappa shape index (κ2) is 9.19. The highest BCUT2D eigenvalue weighted by atomic mass is 35.5. The molecular formula is C14H23Cl2N3O. The lowest BCUT2D eigenvalue weighted by molar-refractivity contribution is 0.0949. The van der Waals surface area contributed by atoms with Crippen LogP contribution in [0.2, 0.25) is 0 Å². The van der Waals surface area contributed by atoms with Gasteiger partial charge in [0.25, 0.3) is 5.91 Å². The molecule has 1 aromatic rings. The van der Waals surface area contributed by atoms with E-state index >= 15 is 0 Å². The number of nitrogens with two attached hydrogens (primary N) is 1. The third kappa shape index (κ3) is 5.67. The van der Waals surface area contributed by atoms with Gasteiger partial charge in [0.05, 0.1) is 0 Å². The summed E-state index contributed by atoms with van der Waals surface area (Å²) in [5.41, 5.74) is 7.25. The second-order valence-corrected chi connectivity index (χ2v) is 4.87. The number of amides is 1. The third-order valence-corrected chi connectivity index (χ3v) is 3.37. The zero-order valence-corrected chi connectivity index (χ0v) is 13.3. The van der Waals surface area contributed by atoms with Crippen molar-refractivity contribution >= 4 is 30.7 Å². The smallest absolute Gasteiger partial charge is 0.251 e. The lowest BCUT2D eigenvalue weighted by Crippen LogP contribution is -2.33. The van der Waals surface area contributed by atoms with Crippen LogP contribution in [0.4, 0.5) is 0 Å². The van der Waals surface area contributed by atoms with Crippen LogP contribution in [-0.4, -0.2) is 37.0 Å². The van der Waals surface area contributed by atoms with Gasteiger partial charge < -0.3 is 16.0 Å². The van der Waals surface area contributed by atoms with E-state index in [0.717, 1.165) is 18.2 Å². The van der Waals surface area contributed by atoms with Gasteiger partial charge in [-0.1, -0.05) is 12.1 Å². The predicted octanol–water partition coefficient (Wildman–Crippen LogP) is 1.81. The number of likely N-dealkylation sites (N-methyl/N-ethyl adjacent to an activating group) is 1. The van der Waals surface area contributed by atoms with Gasteiger partial charge in [-0.2, -0.15) is 0 Å². The number of benzene rings is 1. The fourth-order valence-electron chi connectivity index (χ4n) is 1.94. The van der Waals surface area contributed by atoms with Crippen LogP contribution in [0.3, 0.4) is 0 Å². The van der Waals surface area contributed by atoms with Gasteiger partial charge in [0.1, 0.15) is 0 Å². The maximum Gasteiger partial charge on any atom is 0.251 e. The Morgan fingerprint density at radius 1 is 1.30 bits per heavy atom. The third-order valence-electron chi connectivity index (χ3n) is 3.37. The molecule has 1 amide bonds. The van der Waals surface area contributed by atoms with E-state index in [1.165, 1.54) is 12.8 Å². The predicted molar refractivity (Wildman–Crippen MR) is 86.8 cm³/mol. The average molecular weight is 320 g/mol. The summed E-state index contributed by atoms with van der Waals surface area (Å²) in [6, 6.07) is 8.17. The molecular weight excluding hydrogens is 297 g/mol. The number of halogens is 2. The van der Waals surface area contributed by atoms with Crippen LogP contribution in [0.1, 0.15) is 28.8 Å². The molecule has 6 heteroatoms. The molecule has 0 atom stereocenters. The van der Waals surface area contributed by atoms with Gasteiger partial charge in [0.15, 0.2) is 0 Å². The molecule has 1 fully saturated rings. The molecule has 0 aromatic heterocycles. The highest BCUT2D eigenvalue weighted by molar-refractivity contribution is 5.94. The molecule has 0 radical (unpaired) electrons. The van der Waals surface area contributed by atoms with Gasteiger partial charge in [-0.25, -0.2) is 0 Å². The first kappa shape index (κ1) is 19.2. The molecule has 1 aromatic carbocycles. The monoisotopic (exact) mass is 319 g/mol.